The Kier molecular flexibility index (Phi) is 9.48. The first-order valence-electron chi connectivity index (χ1n) is 14.8. The Morgan fingerprint density at radius 1 is 1.11 bits per heavy atom. The Morgan fingerprint density at radius 3 is 2.41 bits per heavy atom. The van der Waals surface area contributed by atoms with E-state index in [0.29, 0.717) is 24.2 Å². The molecular weight excluding hydrogens is 480 g/mol. The lowest BCUT2D eigenvalue weighted by Crippen LogP contribution is -2.47. The van der Waals surface area contributed by atoms with Crippen molar-refractivity contribution < 1.29 is 23.5 Å². The van der Waals surface area contributed by atoms with E-state index >= 15 is 0 Å². The zero-order valence-corrected chi connectivity index (χ0v) is 26.3. The van der Waals surface area contributed by atoms with Crippen molar-refractivity contribution >= 4 is 20.3 Å². The molecule has 1 heterocycles. The Bertz CT molecular complexity index is 854. The summed E-state index contributed by atoms with van der Waals surface area (Å²) in [6.45, 7) is 21.8. The molecule has 0 N–H and O–H groups in total. The van der Waals surface area contributed by atoms with Gasteiger partial charge < -0.3 is 13.9 Å². The summed E-state index contributed by atoms with van der Waals surface area (Å²) < 4.78 is 18.8. The van der Waals surface area contributed by atoms with Gasteiger partial charge in [-0.25, -0.2) is 0 Å². The number of allylic oxidation sites excluding steroid dienone is 1. The average molecular weight is 535 g/mol. The summed E-state index contributed by atoms with van der Waals surface area (Å²) in [5, 5.41) is 0.112. The van der Waals surface area contributed by atoms with Crippen molar-refractivity contribution in [2.24, 2.45) is 29.1 Å². The zero-order valence-electron chi connectivity index (χ0n) is 25.3. The number of cyclic esters (lactones) is 1. The molecule has 212 valence electrons. The summed E-state index contributed by atoms with van der Waals surface area (Å²) in [6.07, 6.45) is 9.14. The van der Waals surface area contributed by atoms with Gasteiger partial charge in [0.05, 0.1) is 17.9 Å². The number of hydrogen-bond donors (Lipinski definition) is 0. The maximum atomic E-state index is 13.1. The minimum atomic E-state index is -1.95. The van der Waals surface area contributed by atoms with Crippen LogP contribution in [0.4, 0.5) is 0 Å². The molecule has 0 bridgehead atoms. The van der Waals surface area contributed by atoms with Crippen LogP contribution in [-0.2, 0) is 23.5 Å². The normalized spacial score (nSPS) is 33.3. The third-order valence-corrected chi connectivity index (χ3v) is 14.5. The van der Waals surface area contributed by atoms with Crippen LogP contribution in [0.3, 0.4) is 0 Å². The average Bonchev–Trinajstić information content (AvgIpc) is 2.77. The number of esters is 2. The van der Waals surface area contributed by atoms with E-state index in [1.807, 2.05) is 13.8 Å². The third-order valence-electron chi connectivity index (χ3n) is 10.0. The minimum Gasteiger partial charge on any atom is -0.462 e. The summed E-state index contributed by atoms with van der Waals surface area (Å²) >= 11 is 0. The topological polar surface area (TPSA) is 61.8 Å². The highest BCUT2D eigenvalue weighted by Crippen LogP contribution is 2.48. The van der Waals surface area contributed by atoms with E-state index in [1.165, 1.54) is 12.0 Å². The molecule has 0 radical (unpaired) electrons. The molecular formula is C31H54O5Si. The van der Waals surface area contributed by atoms with Crippen molar-refractivity contribution in [3.05, 3.63) is 11.6 Å². The predicted molar refractivity (Wildman–Crippen MR) is 152 cm³/mol. The molecule has 0 amide bonds. The van der Waals surface area contributed by atoms with Crippen LogP contribution in [-0.4, -0.2) is 38.6 Å². The summed E-state index contributed by atoms with van der Waals surface area (Å²) in [6, 6.07) is 0. The predicted octanol–water partition coefficient (Wildman–Crippen LogP) is 7.84. The first-order chi connectivity index (χ1) is 17.0. The molecule has 2 aliphatic carbocycles. The van der Waals surface area contributed by atoms with Crippen LogP contribution in [0.5, 0.6) is 0 Å². The van der Waals surface area contributed by atoms with Gasteiger partial charge in [-0.05, 0) is 88.3 Å². The fraction of sp³-hybridized carbons (Fsp3) is 0.871. The van der Waals surface area contributed by atoms with Crippen molar-refractivity contribution in [2.45, 2.75) is 143 Å². The van der Waals surface area contributed by atoms with Gasteiger partial charge in [0.25, 0.3) is 0 Å². The highest BCUT2D eigenvalue weighted by Gasteiger charge is 2.45. The van der Waals surface area contributed by atoms with Gasteiger partial charge in [0.2, 0.25) is 0 Å². The summed E-state index contributed by atoms with van der Waals surface area (Å²) in [5.41, 5.74) is 1.02. The standard InChI is InChI=1S/C31H54O5Si/c1-11-31(7,8)29(33)35-26-17-20(2)16-22-13-12-21(3)25(28(22)26)15-14-23-18-24(19-27(32)34-23)36-37(9,10)30(4,5)6/h16,20-21,23-26,28H,11-15,17-19H2,1-10H3/t20-,21-,23+,24+,25-,26-,28-/m0/s1. The fourth-order valence-corrected chi connectivity index (χ4v) is 7.54. The fourth-order valence-electron chi connectivity index (χ4n) is 6.17. The van der Waals surface area contributed by atoms with Crippen LogP contribution in [0.15, 0.2) is 11.6 Å². The molecule has 5 nitrogen and oxygen atoms in total. The van der Waals surface area contributed by atoms with Crippen LogP contribution < -0.4 is 0 Å². The number of carbonyl (C=O) groups is 2. The zero-order chi connectivity index (χ0) is 27.8. The number of rotatable bonds is 8. The van der Waals surface area contributed by atoms with E-state index < -0.39 is 13.7 Å². The van der Waals surface area contributed by atoms with Crippen molar-refractivity contribution in [3.8, 4) is 0 Å². The first-order valence-corrected chi connectivity index (χ1v) is 17.7. The van der Waals surface area contributed by atoms with Gasteiger partial charge in [-0.3, -0.25) is 9.59 Å². The maximum absolute atomic E-state index is 13.1. The van der Waals surface area contributed by atoms with Crippen LogP contribution >= 0.6 is 0 Å². The monoisotopic (exact) mass is 534 g/mol. The van der Waals surface area contributed by atoms with Gasteiger partial charge >= 0.3 is 11.9 Å². The second-order valence-corrected chi connectivity index (χ2v) is 19.2. The van der Waals surface area contributed by atoms with Gasteiger partial charge in [0.1, 0.15) is 12.2 Å². The van der Waals surface area contributed by atoms with E-state index in [2.05, 4.69) is 60.7 Å². The Balaban J connectivity index is 1.72. The van der Waals surface area contributed by atoms with E-state index in [-0.39, 0.29) is 41.2 Å². The molecule has 0 spiro atoms. The van der Waals surface area contributed by atoms with E-state index in [4.69, 9.17) is 13.9 Å². The first kappa shape index (κ1) is 30.4. The Labute approximate surface area is 227 Å². The second-order valence-electron chi connectivity index (χ2n) is 14.5. The van der Waals surface area contributed by atoms with Gasteiger partial charge in [-0.15, -0.1) is 0 Å². The molecule has 0 aromatic carbocycles. The van der Waals surface area contributed by atoms with Crippen molar-refractivity contribution in [1.29, 1.82) is 0 Å². The molecule has 1 aliphatic heterocycles. The molecule has 7 atom stereocenters. The van der Waals surface area contributed by atoms with Crippen LogP contribution in [0.2, 0.25) is 18.1 Å². The SMILES string of the molecule is CCC(C)(C)C(=O)O[C@H]1C[C@@H](C)C=C2CC[C@H](C)[C@H](CC[C@@H]3C[C@@H](O[Si](C)(C)C(C)(C)C)CC(=O)O3)[C@H]21. The molecule has 3 aliphatic rings. The largest absolute Gasteiger partial charge is 0.462 e. The molecule has 2 fully saturated rings. The lowest BCUT2D eigenvalue weighted by atomic mass is 9.62. The second kappa shape index (κ2) is 11.5. The lowest BCUT2D eigenvalue weighted by molar-refractivity contribution is -0.166. The van der Waals surface area contributed by atoms with E-state index in [1.54, 1.807) is 0 Å². The third kappa shape index (κ3) is 7.29. The number of hydrogen-bond acceptors (Lipinski definition) is 5. The molecule has 3 rings (SSSR count). The van der Waals surface area contributed by atoms with Crippen molar-refractivity contribution in [2.75, 3.05) is 0 Å². The van der Waals surface area contributed by atoms with Gasteiger partial charge in [-0.2, -0.15) is 0 Å². The molecule has 0 aromatic heterocycles. The summed E-state index contributed by atoms with van der Waals surface area (Å²) in [4.78, 5) is 25.6. The lowest BCUT2D eigenvalue weighted by Gasteiger charge is -2.46. The number of carbonyl (C=O) groups excluding carboxylic acids is 2. The Hall–Kier alpha value is -1.14. The van der Waals surface area contributed by atoms with Crippen molar-refractivity contribution in [3.63, 3.8) is 0 Å². The molecule has 6 heteroatoms. The van der Waals surface area contributed by atoms with E-state index in [0.717, 1.165) is 38.5 Å². The van der Waals surface area contributed by atoms with Gasteiger partial charge in [-0.1, -0.05) is 53.2 Å². The Morgan fingerprint density at radius 2 is 1.78 bits per heavy atom. The summed E-state index contributed by atoms with van der Waals surface area (Å²) in [7, 11) is -1.95. The summed E-state index contributed by atoms with van der Waals surface area (Å²) in [5.74, 6) is 1.48. The minimum absolute atomic E-state index is 0.0492. The quantitative estimate of drug-likeness (QED) is 0.180. The maximum Gasteiger partial charge on any atom is 0.311 e. The van der Waals surface area contributed by atoms with E-state index in [9.17, 15) is 9.59 Å². The molecule has 0 aromatic rings. The highest BCUT2D eigenvalue weighted by molar-refractivity contribution is 6.74. The molecule has 0 unspecified atom stereocenters. The van der Waals surface area contributed by atoms with Crippen LogP contribution in [0.1, 0.15) is 107 Å². The smallest absolute Gasteiger partial charge is 0.311 e. The van der Waals surface area contributed by atoms with Gasteiger partial charge in [0.15, 0.2) is 8.32 Å². The molecule has 37 heavy (non-hydrogen) atoms. The molecule has 1 saturated carbocycles. The van der Waals surface area contributed by atoms with Gasteiger partial charge in [0, 0.05) is 12.3 Å². The highest BCUT2D eigenvalue weighted by atomic mass is 28.4. The van der Waals surface area contributed by atoms with Crippen LogP contribution in [0.25, 0.3) is 0 Å². The number of ether oxygens (including phenoxy) is 2. The van der Waals surface area contributed by atoms with Crippen LogP contribution in [0, 0.1) is 29.1 Å². The molecule has 1 saturated heterocycles. The number of fused-ring (bicyclic) bond motifs is 1. The van der Waals surface area contributed by atoms with Crippen molar-refractivity contribution in [1.82, 2.24) is 0 Å².